The largest absolute Gasteiger partial charge is 0.396 e. The third-order valence-electron chi connectivity index (χ3n) is 4.21. The topological polar surface area (TPSA) is 61.3 Å². The molecule has 0 spiro atoms. The number of anilines is 2. The van der Waals surface area contributed by atoms with Crippen molar-refractivity contribution in [1.82, 2.24) is 9.97 Å². The Morgan fingerprint density at radius 1 is 1.14 bits per heavy atom. The monoisotopic (exact) mass is 298 g/mol. The summed E-state index contributed by atoms with van der Waals surface area (Å²) in [7, 11) is 0. The Balaban J connectivity index is 1.54. The molecule has 2 aromatic heterocycles. The van der Waals surface area contributed by atoms with Gasteiger partial charge in [-0.15, -0.1) is 0 Å². The predicted octanol–water partition coefficient (Wildman–Crippen LogP) is 2.30. The molecule has 0 bridgehead atoms. The normalized spacial score (nSPS) is 15.8. The van der Waals surface area contributed by atoms with Gasteiger partial charge in [-0.2, -0.15) is 0 Å². The molecule has 1 fully saturated rings. The molecule has 1 aliphatic rings. The van der Waals surface area contributed by atoms with E-state index in [4.69, 9.17) is 0 Å². The first kappa shape index (κ1) is 14.8. The minimum Gasteiger partial charge on any atom is -0.396 e. The summed E-state index contributed by atoms with van der Waals surface area (Å²) in [6.45, 7) is 3.05. The number of nitrogens with one attached hydrogen (secondary N) is 1. The number of hydrogen-bond donors (Lipinski definition) is 2. The molecule has 0 unspecified atom stereocenters. The smallest absolute Gasteiger partial charge is 0.126 e. The van der Waals surface area contributed by atoms with E-state index in [-0.39, 0.29) is 0 Å². The van der Waals surface area contributed by atoms with Gasteiger partial charge < -0.3 is 15.3 Å². The second-order valence-electron chi connectivity index (χ2n) is 5.72. The van der Waals surface area contributed by atoms with E-state index in [9.17, 15) is 5.11 Å². The average Bonchev–Trinajstić information content (AvgIpc) is 2.61. The molecule has 5 heteroatoms. The Hall–Kier alpha value is -2.14. The molecule has 0 atom stereocenters. The SMILES string of the molecule is OCC1CCN(c2ccc(NCc3ccncc3)nc2)CC1. The molecule has 0 saturated carbocycles. The molecule has 3 heterocycles. The first-order chi connectivity index (χ1) is 10.8. The highest BCUT2D eigenvalue weighted by Crippen LogP contribution is 2.23. The van der Waals surface area contributed by atoms with E-state index in [1.54, 1.807) is 12.4 Å². The molecule has 1 saturated heterocycles. The average molecular weight is 298 g/mol. The lowest BCUT2D eigenvalue weighted by atomic mass is 9.98. The summed E-state index contributed by atoms with van der Waals surface area (Å²) in [6.07, 6.45) is 7.62. The van der Waals surface area contributed by atoms with Crippen molar-refractivity contribution >= 4 is 11.5 Å². The molecule has 116 valence electrons. The zero-order valence-electron chi connectivity index (χ0n) is 12.7. The third-order valence-corrected chi connectivity index (χ3v) is 4.21. The van der Waals surface area contributed by atoms with Crippen molar-refractivity contribution in [2.75, 3.05) is 29.9 Å². The van der Waals surface area contributed by atoms with E-state index in [2.05, 4.69) is 26.3 Å². The van der Waals surface area contributed by atoms with Crippen LogP contribution in [-0.4, -0.2) is 34.8 Å². The summed E-state index contributed by atoms with van der Waals surface area (Å²) in [6, 6.07) is 8.12. The molecule has 2 aromatic rings. The zero-order chi connectivity index (χ0) is 15.2. The summed E-state index contributed by atoms with van der Waals surface area (Å²) < 4.78 is 0. The van der Waals surface area contributed by atoms with Crippen LogP contribution in [0.15, 0.2) is 42.9 Å². The predicted molar refractivity (Wildman–Crippen MR) is 87.8 cm³/mol. The highest BCUT2D eigenvalue weighted by molar-refractivity contribution is 5.49. The first-order valence-corrected chi connectivity index (χ1v) is 7.80. The van der Waals surface area contributed by atoms with Crippen LogP contribution < -0.4 is 10.2 Å². The molecular weight excluding hydrogens is 276 g/mol. The molecular formula is C17H22N4O. The maximum Gasteiger partial charge on any atom is 0.126 e. The van der Waals surface area contributed by atoms with Crippen molar-refractivity contribution in [1.29, 1.82) is 0 Å². The first-order valence-electron chi connectivity index (χ1n) is 7.80. The summed E-state index contributed by atoms with van der Waals surface area (Å²) in [5, 5.41) is 12.5. The molecule has 0 aliphatic carbocycles. The van der Waals surface area contributed by atoms with Crippen molar-refractivity contribution in [3.05, 3.63) is 48.4 Å². The molecule has 2 N–H and O–H groups in total. The molecule has 0 radical (unpaired) electrons. The Morgan fingerprint density at radius 2 is 1.91 bits per heavy atom. The lowest BCUT2D eigenvalue weighted by Crippen LogP contribution is -2.34. The van der Waals surface area contributed by atoms with E-state index in [0.29, 0.717) is 12.5 Å². The maximum atomic E-state index is 9.19. The lowest BCUT2D eigenvalue weighted by molar-refractivity contribution is 0.203. The van der Waals surface area contributed by atoms with Gasteiger partial charge in [0.1, 0.15) is 5.82 Å². The van der Waals surface area contributed by atoms with Crippen LogP contribution in [0.2, 0.25) is 0 Å². The second kappa shape index (κ2) is 7.22. The van der Waals surface area contributed by atoms with E-state index < -0.39 is 0 Å². The van der Waals surface area contributed by atoms with Crippen LogP contribution in [0.3, 0.4) is 0 Å². The van der Waals surface area contributed by atoms with Crippen molar-refractivity contribution < 1.29 is 5.11 Å². The standard InChI is InChI=1S/C17H22N4O/c22-13-15-5-9-21(10-6-15)16-1-2-17(20-12-16)19-11-14-3-7-18-8-4-14/h1-4,7-8,12,15,22H,5-6,9-11,13H2,(H,19,20). The van der Waals surface area contributed by atoms with Gasteiger partial charge in [0.25, 0.3) is 0 Å². The summed E-state index contributed by atoms with van der Waals surface area (Å²) in [5.41, 5.74) is 2.35. The van der Waals surface area contributed by atoms with Gasteiger partial charge in [0, 0.05) is 38.6 Å². The molecule has 1 aliphatic heterocycles. The minimum atomic E-state index is 0.309. The number of piperidine rings is 1. The van der Waals surface area contributed by atoms with Gasteiger partial charge in [-0.3, -0.25) is 4.98 Å². The maximum absolute atomic E-state index is 9.19. The van der Waals surface area contributed by atoms with Gasteiger partial charge in [0.15, 0.2) is 0 Å². The minimum absolute atomic E-state index is 0.309. The zero-order valence-corrected chi connectivity index (χ0v) is 12.7. The molecule has 0 aromatic carbocycles. The third kappa shape index (κ3) is 3.74. The van der Waals surface area contributed by atoms with Crippen molar-refractivity contribution in [3.63, 3.8) is 0 Å². The van der Waals surface area contributed by atoms with Crippen molar-refractivity contribution in [2.24, 2.45) is 5.92 Å². The molecule has 5 nitrogen and oxygen atoms in total. The number of rotatable bonds is 5. The van der Waals surface area contributed by atoms with Gasteiger partial charge >= 0.3 is 0 Å². The highest BCUT2D eigenvalue weighted by atomic mass is 16.3. The Bertz CT molecular complexity index is 565. The highest BCUT2D eigenvalue weighted by Gasteiger charge is 2.18. The van der Waals surface area contributed by atoms with Gasteiger partial charge in [0.05, 0.1) is 11.9 Å². The molecule has 3 rings (SSSR count). The summed E-state index contributed by atoms with van der Waals surface area (Å²) in [5.74, 6) is 1.34. The van der Waals surface area contributed by atoms with Gasteiger partial charge in [-0.05, 0) is 48.6 Å². The Kier molecular flexibility index (Phi) is 4.85. The van der Waals surface area contributed by atoms with E-state index in [1.807, 2.05) is 24.4 Å². The van der Waals surface area contributed by atoms with Gasteiger partial charge in [-0.1, -0.05) is 0 Å². The number of aromatic nitrogens is 2. The fourth-order valence-electron chi connectivity index (χ4n) is 2.74. The lowest BCUT2D eigenvalue weighted by Gasteiger charge is -2.32. The van der Waals surface area contributed by atoms with E-state index in [1.165, 1.54) is 5.56 Å². The molecule has 0 amide bonds. The van der Waals surface area contributed by atoms with Gasteiger partial charge in [0.2, 0.25) is 0 Å². The van der Waals surface area contributed by atoms with Crippen LogP contribution in [0.5, 0.6) is 0 Å². The Labute approximate surface area is 131 Å². The molecule has 22 heavy (non-hydrogen) atoms. The van der Waals surface area contributed by atoms with Gasteiger partial charge in [-0.25, -0.2) is 4.98 Å². The van der Waals surface area contributed by atoms with E-state index >= 15 is 0 Å². The quantitative estimate of drug-likeness (QED) is 0.887. The van der Waals surface area contributed by atoms with Crippen molar-refractivity contribution in [2.45, 2.75) is 19.4 Å². The fraction of sp³-hybridized carbons (Fsp3) is 0.412. The number of nitrogens with zero attached hydrogens (tertiary/aromatic N) is 3. The van der Waals surface area contributed by atoms with Crippen LogP contribution in [0.4, 0.5) is 11.5 Å². The van der Waals surface area contributed by atoms with Crippen LogP contribution in [0.1, 0.15) is 18.4 Å². The van der Waals surface area contributed by atoms with Crippen LogP contribution >= 0.6 is 0 Å². The number of aliphatic hydroxyl groups excluding tert-OH is 1. The summed E-state index contributed by atoms with van der Waals surface area (Å²) >= 11 is 0. The fourth-order valence-corrected chi connectivity index (χ4v) is 2.74. The number of hydrogen-bond acceptors (Lipinski definition) is 5. The second-order valence-corrected chi connectivity index (χ2v) is 5.72. The van der Waals surface area contributed by atoms with Crippen LogP contribution in [-0.2, 0) is 6.54 Å². The Morgan fingerprint density at radius 3 is 2.55 bits per heavy atom. The van der Waals surface area contributed by atoms with Crippen molar-refractivity contribution in [3.8, 4) is 0 Å². The number of aliphatic hydroxyl groups is 1. The number of pyridine rings is 2. The van der Waals surface area contributed by atoms with Crippen LogP contribution in [0.25, 0.3) is 0 Å². The van der Waals surface area contributed by atoms with Crippen LogP contribution in [0, 0.1) is 5.92 Å². The van der Waals surface area contributed by atoms with E-state index in [0.717, 1.165) is 44.0 Å². The summed E-state index contributed by atoms with van der Waals surface area (Å²) in [4.78, 5) is 10.8.